The minimum atomic E-state index is -0.501. The molecule has 1 amide bonds. The molecule has 0 radical (unpaired) electrons. The van der Waals surface area contributed by atoms with Gasteiger partial charge in [0.05, 0.1) is 0 Å². The van der Waals surface area contributed by atoms with Crippen LogP contribution in [-0.2, 0) is 4.79 Å². The first-order valence-corrected chi connectivity index (χ1v) is 6.08. The van der Waals surface area contributed by atoms with E-state index in [1.165, 1.54) is 0 Å². The van der Waals surface area contributed by atoms with E-state index >= 15 is 0 Å². The fourth-order valence-electron chi connectivity index (χ4n) is 1.37. The average molecular weight is 259 g/mol. The Hall–Kier alpha value is -2.17. The third kappa shape index (κ3) is 3.19. The lowest BCUT2D eigenvalue weighted by molar-refractivity contribution is -0.123. The van der Waals surface area contributed by atoms with E-state index in [1.807, 2.05) is 52.0 Å². The molecule has 1 heterocycles. The summed E-state index contributed by atoms with van der Waals surface area (Å²) in [5, 5.41) is 10.3. The molecule has 1 N–H and O–H groups in total. The summed E-state index contributed by atoms with van der Waals surface area (Å²) in [6.07, 6.45) is 0. The van der Waals surface area contributed by atoms with E-state index in [4.69, 9.17) is 4.42 Å². The summed E-state index contributed by atoms with van der Waals surface area (Å²) in [4.78, 5) is 11.8. The molecular formula is C14H17N3O2. The highest BCUT2D eigenvalue weighted by molar-refractivity contribution is 5.92. The van der Waals surface area contributed by atoms with Crippen molar-refractivity contribution in [3.63, 3.8) is 0 Å². The molecule has 5 nitrogen and oxygen atoms in total. The summed E-state index contributed by atoms with van der Waals surface area (Å²) in [5.74, 6) is 0.232. The SMILES string of the molecule is Cc1ccc(-c2nnc(NC(=O)C(C)(C)C)o2)cc1. The molecular weight excluding hydrogens is 242 g/mol. The van der Waals surface area contributed by atoms with E-state index in [0.29, 0.717) is 5.89 Å². The lowest BCUT2D eigenvalue weighted by atomic mass is 9.96. The summed E-state index contributed by atoms with van der Waals surface area (Å²) in [5.41, 5.74) is 1.48. The quantitative estimate of drug-likeness (QED) is 0.900. The molecule has 2 aromatic rings. The number of carbonyl (C=O) groups excluding carboxylic acids is 1. The summed E-state index contributed by atoms with van der Waals surface area (Å²) in [6.45, 7) is 7.46. The molecule has 0 aliphatic heterocycles. The van der Waals surface area contributed by atoms with Crippen LogP contribution in [0, 0.1) is 12.3 Å². The fraction of sp³-hybridized carbons (Fsp3) is 0.357. The van der Waals surface area contributed by atoms with E-state index in [0.717, 1.165) is 11.1 Å². The van der Waals surface area contributed by atoms with Gasteiger partial charge in [-0.2, -0.15) is 0 Å². The van der Waals surface area contributed by atoms with Gasteiger partial charge in [0.1, 0.15) is 0 Å². The van der Waals surface area contributed by atoms with Gasteiger partial charge in [0, 0.05) is 11.0 Å². The number of carbonyl (C=O) groups is 1. The van der Waals surface area contributed by atoms with Gasteiger partial charge < -0.3 is 4.42 Å². The van der Waals surface area contributed by atoms with Crippen LogP contribution >= 0.6 is 0 Å². The Morgan fingerprint density at radius 3 is 2.37 bits per heavy atom. The molecule has 1 aromatic heterocycles. The smallest absolute Gasteiger partial charge is 0.322 e. The number of aryl methyl sites for hydroxylation is 1. The van der Waals surface area contributed by atoms with Crippen LogP contribution in [0.4, 0.5) is 6.01 Å². The van der Waals surface area contributed by atoms with Crippen LogP contribution < -0.4 is 5.32 Å². The van der Waals surface area contributed by atoms with Crippen molar-refractivity contribution in [2.24, 2.45) is 5.41 Å². The Morgan fingerprint density at radius 1 is 1.16 bits per heavy atom. The van der Waals surface area contributed by atoms with Gasteiger partial charge in [-0.3, -0.25) is 10.1 Å². The highest BCUT2D eigenvalue weighted by Gasteiger charge is 2.23. The topological polar surface area (TPSA) is 68.0 Å². The maximum Gasteiger partial charge on any atom is 0.322 e. The number of anilines is 1. The Morgan fingerprint density at radius 2 is 1.79 bits per heavy atom. The standard InChI is InChI=1S/C14H17N3O2/c1-9-5-7-10(8-6-9)11-16-17-13(19-11)15-12(18)14(2,3)4/h5-8H,1-4H3,(H,15,17,18). The van der Waals surface area contributed by atoms with Crippen LogP contribution in [0.2, 0.25) is 0 Å². The number of aromatic nitrogens is 2. The number of amides is 1. The van der Waals surface area contributed by atoms with Gasteiger partial charge in [0.2, 0.25) is 11.8 Å². The molecule has 100 valence electrons. The monoisotopic (exact) mass is 259 g/mol. The van der Waals surface area contributed by atoms with Crippen molar-refractivity contribution in [2.45, 2.75) is 27.7 Å². The third-order valence-electron chi connectivity index (χ3n) is 2.63. The predicted molar refractivity (Wildman–Crippen MR) is 72.6 cm³/mol. The lowest BCUT2D eigenvalue weighted by Crippen LogP contribution is -2.27. The first-order chi connectivity index (χ1) is 8.86. The Balaban J connectivity index is 2.16. The minimum absolute atomic E-state index is 0.121. The van der Waals surface area contributed by atoms with Crippen LogP contribution in [0.5, 0.6) is 0 Å². The van der Waals surface area contributed by atoms with Crippen molar-refractivity contribution < 1.29 is 9.21 Å². The molecule has 0 fully saturated rings. The molecule has 19 heavy (non-hydrogen) atoms. The fourth-order valence-corrected chi connectivity index (χ4v) is 1.37. The van der Waals surface area contributed by atoms with E-state index in [-0.39, 0.29) is 11.9 Å². The maximum absolute atomic E-state index is 11.8. The number of nitrogens with one attached hydrogen (secondary N) is 1. The number of nitrogens with zero attached hydrogens (tertiary/aromatic N) is 2. The van der Waals surface area contributed by atoms with E-state index in [1.54, 1.807) is 0 Å². The second-order valence-electron chi connectivity index (χ2n) is 5.48. The molecule has 0 aliphatic rings. The summed E-state index contributed by atoms with van der Waals surface area (Å²) in [7, 11) is 0. The minimum Gasteiger partial charge on any atom is -0.403 e. The zero-order valence-corrected chi connectivity index (χ0v) is 11.5. The highest BCUT2D eigenvalue weighted by atomic mass is 16.4. The molecule has 0 atom stereocenters. The van der Waals surface area contributed by atoms with Gasteiger partial charge in [-0.25, -0.2) is 0 Å². The van der Waals surface area contributed by atoms with Crippen LogP contribution in [0.25, 0.3) is 11.5 Å². The molecule has 0 saturated carbocycles. The number of hydrogen-bond donors (Lipinski definition) is 1. The van der Waals surface area contributed by atoms with Crippen LogP contribution in [-0.4, -0.2) is 16.1 Å². The largest absolute Gasteiger partial charge is 0.403 e. The number of benzene rings is 1. The Bertz CT molecular complexity index is 579. The zero-order chi connectivity index (χ0) is 14.0. The Labute approximate surface area is 112 Å². The second-order valence-corrected chi connectivity index (χ2v) is 5.48. The van der Waals surface area contributed by atoms with Crippen LogP contribution in [0.3, 0.4) is 0 Å². The van der Waals surface area contributed by atoms with Crippen LogP contribution in [0.1, 0.15) is 26.3 Å². The first-order valence-electron chi connectivity index (χ1n) is 6.08. The van der Waals surface area contributed by atoms with Gasteiger partial charge in [0.25, 0.3) is 0 Å². The second kappa shape index (κ2) is 4.84. The summed E-state index contributed by atoms with van der Waals surface area (Å²) >= 11 is 0. The Kier molecular flexibility index (Phi) is 3.38. The molecule has 0 unspecified atom stereocenters. The van der Waals surface area contributed by atoms with Crippen molar-refractivity contribution in [1.82, 2.24) is 10.2 Å². The summed E-state index contributed by atoms with van der Waals surface area (Å²) < 4.78 is 5.42. The van der Waals surface area contributed by atoms with Crippen molar-refractivity contribution >= 4 is 11.9 Å². The van der Waals surface area contributed by atoms with Gasteiger partial charge in [-0.1, -0.05) is 43.6 Å². The molecule has 5 heteroatoms. The van der Waals surface area contributed by atoms with Crippen molar-refractivity contribution in [3.8, 4) is 11.5 Å². The molecule has 0 saturated heterocycles. The van der Waals surface area contributed by atoms with Gasteiger partial charge in [0.15, 0.2) is 0 Å². The van der Waals surface area contributed by atoms with Crippen LogP contribution in [0.15, 0.2) is 28.7 Å². The van der Waals surface area contributed by atoms with Crippen molar-refractivity contribution in [3.05, 3.63) is 29.8 Å². The lowest BCUT2D eigenvalue weighted by Gasteiger charge is -2.15. The number of rotatable bonds is 2. The molecule has 2 rings (SSSR count). The van der Waals surface area contributed by atoms with E-state index < -0.39 is 5.41 Å². The molecule has 1 aromatic carbocycles. The highest BCUT2D eigenvalue weighted by Crippen LogP contribution is 2.21. The predicted octanol–water partition coefficient (Wildman–Crippen LogP) is 3.03. The number of hydrogen-bond acceptors (Lipinski definition) is 4. The van der Waals surface area contributed by atoms with Crippen molar-refractivity contribution in [1.29, 1.82) is 0 Å². The molecule has 0 spiro atoms. The molecule has 0 aliphatic carbocycles. The zero-order valence-electron chi connectivity index (χ0n) is 11.5. The normalized spacial score (nSPS) is 11.4. The summed E-state index contributed by atoms with van der Waals surface area (Å²) in [6, 6.07) is 7.85. The maximum atomic E-state index is 11.8. The third-order valence-corrected chi connectivity index (χ3v) is 2.63. The van der Waals surface area contributed by atoms with Crippen molar-refractivity contribution in [2.75, 3.05) is 5.32 Å². The van der Waals surface area contributed by atoms with E-state index in [2.05, 4.69) is 15.5 Å². The van der Waals surface area contributed by atoms with Gasteiger partial charge in [-0.05, 0) is 19.1 Å². The first kappa shape index (κ1) is 13.3. The molecule has 0 bridgehead atoms. The van der Waals surface area contributed by atoms with Gasteiger partial charge >= 0.3 is 6.01 Å². The average Bonchev–Trinajstić information content (AvgIpc) is 2.77. The van der Waals surface area contributed by atoms with E-state index in [9.17, 15) is 4.79 Å². The van der Waals surface area contributed by atoms with Gasteiger partial charge in [-0.15, -0.1) is 5.10 Å².